The molecule has 2 aromatic rings. The molecule has 0 unspecified atom stereocenters. The van der Waals surface area contributed by atoms with Crippen LogP contribution in [0.5, 0.6) is 0 Å². The summed E-state index contributed by atoms with van der Waals surface area (Å²) in [5.74, 6) is -0.199. The number of hydrogen-bond donors (Lipinski definition) is 1. The van der Waals surface area contributed by atoms with Crippen molar-refractivity contribution in [3.8, 4) is 0 Å². The fourth-order valence-electron chi connectivity index (χ4n) is 1.08. The van der Waals surface area contributed by atoms with Crippen LogP contribution in [0.4, 0.5) is 0 Å². The highest BCUT2D eigenvalue weighted by Crippen LogP contribution is 2.01. The van der Waals surface area contributed by atoms with Crippen molar-refractivity contribution in [3.63, 3.8) is 0 Å². The number of carbonyl (C=O) groups is 1. The number of tetrazole rings is 1. The molecule has 1 aromatic carbocycles. The van der Waals surface area contributed by atoms with E-state index >= 15 is 0 Å². The largest absolute Gasteiger partial charge is 0.286 e. The van der Waals surface area contributed by atoms with Crippen LogP contribution in [0.15, 0.2) is 36.4 Å². The number of ketones is 1. The first-order valence-electron chi connectivity index (χ1n) is 4.37. The van der Waals surface area contributed by atoms with E-state index in [4.69, 9.17) is 0 Å². The molecule has 0 aliphatic carbocycles. The molecule has 0 aliphatic heterocycles. The lowest BCUT2D eigenvalue weighted by Gasteiger charge is -1.89. The summed E-state index contributed by atoms with van der Waals surface area (Å²) in [6.45, 7) is 0. The van der Waals surface area contributed by atoms with Gasteiger partial charge in [0, 0.05) is 0 Å². The molecule has 0 aliphatic rings. The smallest absolute Gasteiger partial charge is 0.244 e. The first-order valence-corrected chi connectivity index (χ1v) is 4.37. The zero-order valence-electron chi connectivity index (χ0n) is 7.79. The molecule has 5 heteroatoms. The number of allylic oxidation sites excluding steroid dienone is 1. The van der Waals surface area contributed by atoms with Gasteiger partial charge in [0.1, 0.15) is 0 Å². The topological polar surface area (TPSA) is 71.5 Å². The van der Waals surface area contributed by atoms with Crippen LogP contribution in [-0.2, 0) is 0 Å². The van der Waals surface area contributed by atoms with Crippen LogP contribution >= 0.6 is 0 Å². The predicted molar refractivity (Wildman–Crippen MR) is 54.0 cm³/mol. The van der Waals surface area contributed by atoms with E-state index in [0.29, 0.717) is 0 Å². The zero-order chi connectivity index (χ0) is 10.5. The summed E-state index contributed by atoms with van der Waals surface area (Å²) in [6.07, 6.45) is 3.12. The summed E-state index contributed by atoms with van der Waals surface area (Å²) in [4.78, 5) is 11.4. The Bertz CT molecular complexity index is 461. The normalized spacial score (nSPS) is 10.7. The average molecular weight is 200 g/mol. The highest BCUT2D eigenvalue weighted by Gasteiger charge is 2.05. The van der Waals surface area contributed by atoms with Gasteiger partial charge in [-0.25, -0.2) is 0 Å². The standard InChI is InChI=1S/C10H8N4O/c15-9(10-11-13-14-12-10)7-6-8-4-2-1-3-5-8/h1-7H,(H,11,12,13,14)/b7-6+. The molecule has 0 saturated carbocycles. The third-order valence-electron chi connectivity index (χ3n) is 1.79. The molecule has 0 fully saturated rings. The van der Waals surface area contributed by atoms with Gasteiger partial charge in [-0.3, -0.25) is 4.79 Å². The van der Waals surface area contributed by atoms with E-state index < -0.39 is 0 Å². The number of H-pyrrole nitrogens is 1. The van der Waals surface area contributed by atoms with E-state index in [1.807, 2.05) is 30.3 Å². The van der Waals surface area contributed by atoms with Crippen LogP contribution in [0.3, 0.4) is 0 Å². The van der Waals surface area contributed by atoms with E-state index in [0.717, 1.165) is 5.56 Å². The zero-order valence-corrected chi connectivity index (χ0v) is 7.79. The van der Waals surface area contributed by atoms with E-state index in [2.05, 4.69) is 20.6 Å². The maximum absolute atomic E-state index is 11.4. The minimum atomic E-state index is -0.271. The third kappa shape index (κ3) is 2.34. The summed E-state index contributed by atoms with van der Waals surface area (Å²) >= 11 is 0. The molecule has 74 valence electrons. The number of nitrogens with one attached hydrogen (secondary N) is 1. The Kier molecular flexibility index (Phi) is 2.64. The first kappa shape index (κ1) is 9.26. The second-order valence-electron chi connectivity index (χ2n) is 2.84. The maximum Gasteiger partial charge on any atom is 0.244 e. The van der Waals surface area contributed by atoms with Gasteiger partial charge in [-0.1, -0.05) is 36.4 Å². The molecule has 5 nitrogen and oxygen atoms in total. The Hall–Kier alpha value is -2.30. The lowest BCUT2D eigenvalue weighted by atomic mass is 10.2. The molecule has 0 radical (unpaired) electrons. The second kappa shape index (κ2) is 4.28. The highest BCUT2D eigenvalue weighted by atomic mass is 16.1. The SMILES string of the molecule is O=C(/C=C/c1ccccc1)c1nn[nH]n1. The Labute approximate surface area is 85.8 Å². The Morgan fingerprint density at radius 1 is 1.27 bits per heavy atom. The summed E-state index contributed by atoms with van der Waals surface area (Å²) in [7, 11) is 0. The minimum absolute atomic E-state index is 0.0715. The van der Waals surface area contributed by atoms with Crippen molar-refractivity contribution < 1.29 is 4.79 Å². The summed E-state index contributed by atoms with van der Waals surface area (Å²) in [6, 6.07) is 9.52. The lowest BCUT2D eigenvalue weighted by molar-refractivity contribution is 0.103. The van der Waals surface area contributed by atoms with E-state index in [9.17, 15) is 4.79 Å². The number of aromatic nitrogens is 4. The van der Waals surface area contributed by atoms with Crippen LogP contribution in [0.25, 0.3) is 6.08 Å². The van der Waals surface area contributed by atoms with Crippen molar-refractivity contribution in [3.05, 3.63) is 47.8 Å². The Balaban J connectivity index is 2.10. The third-order valence-corrected chi connectivity index (χ3v) is 1.79. The molecule has 0 bridgehead atoms. The van der Waals surface area contributed by atoms with Gasteiger partial charge in [0.25, 0.3) is 0 Å². The van der Waals surface area contributed by atoms with Crippen molar-refractivity contribution in [2.75, 3.05) is 0 Å². The average Bonchev–Trinajstić information content (AvgIpc) is 2.81. The van der Waals surface area contributed by atoms with Gasteiger partial charge in [0.2, 0.25) is 11.6 Å². The monoisotopic (exact) mass is 200 g/mol. The highest BCUT2D eigenvalue weighted by molar-refractivity contribution is 6.03. The summed E-state index contributed by atoms with van der Waals surface area (Å²) < 4.78 is 0. The van der Waals surface area contributed by atoms with Crippen molar-refractivity contribution >= 4 is 11.9 Å². The quantitative estimate of drug-likeness (QED) is 0.594. The van der Waals surface area contributed by atoms with Crippen molar-refractivity contribution in [2.24, 2.45) is 0 Å². The fourth-order valence-corrected chi connectivity index (χ4v) is 1.08. The van der Waals surface area contributed by atoms with E-state index in [1.54, 1.807) is 6.08 Å². The van der Waals surface area contributed by atoms with Crippen molar-refractivity contribution in [2.45, 2.75) is 0 Å². The summed E-state index contributed by atoms with van der Waals surface area (Å²) in [5.41, 5.74) is 0.953. The number of nitrogens with zero attached hydrogens (tertiary/aromatic N) is 3. The predicted octanol–water partition coefficient (Wildman–Crippen LogP) is 1.10. The van der Waals surface area contributed by atoms with Crippen LogP contribution in [0.1, 0.15) is 16.2 Å². The maximum atomic E-state index is 11.4. The van der Waals surface area contributed by atoms with Gasteiger partial charge in [-0.2, -0.15) is 5.21 Å². The number of hydrogen-bond acceptors (Lipinski definition) is 4. The fraction of sp³-hybridized carbons (Fsp3) is 0. The second-order valence-corrected chi connectivity index (χ2v) is 2.84. The number of aromatic amines is 1. The summed E-state index contributed by atoms with van der Waals surface area (Å²) in [5, 5.41) is 12.7. The molecule has 1 N–H and O–H groups in total. The molecule has 0 amide bonds. The van der Waals surface area contributed by atoms with Gasteiger partial charge in [0.15, 0.2) is 0 Å². The molecular weight excluding hydrogens is 192 g/mol. The van der Waals surface area contributed by atoms with Crippen LogP contribution in [0.2, 0.25) is 0 Å². The minimum Gasteiger partial charge on any atom is -0.286 e. The van der Waals surface area contributed by atoms with Gasteiger partial charge in [0.05, 0.1) is 0 Å². The molecule has 15 heavy (non-hydrogen) atoms. The molecule has 2 rings (SSSR count). The van der Waals surface area contributed by atoms with Gasteiger partial charge in [-0.15, -0.1) is 10.2 Å². The van der Waals surface area contributed by atoms with Gasteiger partial charge >= 0.3 is 0 Å². The van der Waals surface area contributed by atoms with Gasteiger partial charge < -0.3 is 0 Å². The number of rotatable bonds is 3. The van der Waals surface area contributed by atoms with Crippen molar-refractivity contribution in [1.82, 2.24) is 20.6 Å². The molecule has 0 saturated heterocycles. The van der Waals surface area contributed by atoms with Crippen LogP contribution in [-0.4, -0.2) is 26.4 Å². The molecule has 0 spiro atoms. The Morgan fingerprint density at radius 3 is 2.73 bits per heavy atom. The Morgan fingerprint density at radius 2 is 2.07 bits per heavy atom. The van der Waals surface area contributed by atoms with E-state index in [-0.39, 0.29) is 11.6 Å². The first-order chi connectivity index (χ1) is 7.36. The van der Waals surface area contributed by atoms with Gasteiger partial charge in [-0.05, 0) is 16.9 Å². The van der Waals surface area contributed by atoms with Crippen molar-refractivity contribution in [1.29, 1.82) is 0 Å². The number of carbonyl (C=O) groups excluding carboxylic acids is 1. The lowest BCUT2D eigenvalue weighted by Crippen LogP contribution is -1.96. The molecule has 0 atom stereocenters. The molecule has 1 heterocycles. The number of benzene rings is 1. The van der Waals surface area contributed by atoms with Crippen LogP contribution < -0.4 is 0 Å². The molecular formula is C10H8N4O. The van der Waals surface area contributed by atoms with Crippen LogP contribution in [0, 0.1) is 0 Å². The molecule has 1 aromatic heterocycles. The van der Waals surface area contributed by atoms with E-state index in [1.165, 1.54) is 6.08 Å².